The summed E-state index contributed by atoms with van der Waals surface area (Å²) in [7, 11) is 1.61. The Balaban J connectivity index is 1.24. The van der Waals surface area contributed by atoms with E-state index >= 15 is 0 Å². The van der Waals surface area contributed by atoms with Crippen LogP contribution in [-0.2, 0) is 31.6 Å². The molecule has 49 heavy (non-hydrogen) atoms. The molecule has 2 aromatic carbocycles. The van der Waals surface area contributed by atoms with Crippen molar-refractivity contribution in [1.29, 1.82) is 0 Å². The molecule has 6 rings (SSSR count). The van der Waals surface area contributed by atoms with E-state index in [0.29, 0.717) is 58.2 Å². The number of piperidine rings is 1. The van der Waals surface area contributed by atoms with Crippen LogP contribution in [-0.4, -0.2) is 75.4 Å². The zero-order valence-corrected chi connectivity index (χ0v) is 28.8. The van der Waals surface area contributed by atoms with E-state index in [2.05, 4.69) is 5.32 Å². The van der Waals surface area contributed by atoms with Gasteiger partial charge in [0.2, 0.25) is 11.8 Å². The van der Waals surface area contributed by atoms with Crippen LogP contribution in [0.25, 0.3) is 0 Å². The number of carbonyl (C=O) groups excluding carboxylic acids is 4. The molecular formula is C39H46N4O6. The smallest absolute Gasteiger partial charge is 0.329 e. The molecule has 1 aliphatic carbocycles. The average molecular weight is 667 g/mol. The van der Waals surface area contributed by atoms with Crippen molar-refractivity contribution in [1.82, 2.24) is 19.7 Å². The third kappa shape index (κ3) is 6.65. The number of aryl methyl sites for hydroxylation is 1. The highest BCUT2D eigenvalue weighted by molar-refractivity contribution is 5.97. The Morgan fingerprint density at radius 1 is 0.857 bits per heavy atom. The van der Waals surface area contributed by atoms with Crippen LogP contribution in [0, 0.1) is 0 Å². The number of esters is 1. The van der Waals surface area contributed by atoms with Crippen LogP contribution in [0.4, 0.5) is 0 Å². The third-order valence-corrected chi connectivity index (χ3v) is 10.2. The van der Waals surface area contributed by atoms with Gasteiger partial charge in [0.1, 0.15) is 17.2 Å². The zero-order valence-electron chi connectivity index (χ0n) is 28.8. The number of amides is 3. The molecule has 0 bridgehead atoms. The van der Waals surface area contributed by atoms with Crippen LogP contribution < -0.4 is 10.9 Å². The Bertz CT molecular complexity index is 1790. The lowest BCUT2D eigenvalue weighted by atomic mass is 9.62. The lowest BCUT2D eigenvalue weighted by molar-refractivity contribution is -0.164. The number of pyridine rings is 1. The van der Waals surface area contributed by atoms with Gasteiger partial charge in [0, 0.05) is 38.9 Å². The van der Waals surface area contributed by atoms with Crippen molar-refractivity contribution in [2.24, 2.45) is 7.05 Å². The summed E-state index contributed by atoms with van der Waals surface area (Å²) in [6.07, 6.45) is 4.90. The molecule has 10 heteroatoms. The van der Waals surface area contributed by atoms with Crippen molar-refractivity contribution in [2.45, 2.75) is 88.3 Å². The minimum absolute atomic E-state index is 0.0102. The zero-order chi connectivity index (χ0) is 34.9. The number of nitrogens with zero attached hydrogens (tertiary/aromatic N) is 3. The first-order valence-electron chi connectivity index (χ1n) is 17.3. The molecule has 2 aliphatic heterocycles. The summed E-state index contributed by atoms with van der Waals surface area (Å²) in [5.41, 5.74) is 0.501. The van der Waals surface area contributed by atoms with Crippen molar-refractivity contribution in [2.75, 3.05) is 19.6 Å². The predicted molar refractivity (Wildman–Crippen MR) is 185 cm³/mol. The number of nitrogens with one attached hydrogen (secondary N) is 1. The van der Waals surface area contributed by atoms with Crippen LogP contribution in [0.1, 0.15) is 92.3 Å². The van der Waals surface area contributed by atoms with Gasteiger partial charge in [-0.1, -0.05) is 54.6 Å². The summed E-state index contributed by atoms with van der Waals surface area (Å²) in [5.74, 6) is -1.34. The second kappa shape index (κ2) is 13.6. The molecule has 2 saturated heterocycles. The lowest BCUT2D eigenvalue weighted by Gasteiger charge is -2.45. The van der Waals surface area contributed by atoms with Crippen molar-refractivity contribution in [3.8, 4) is 0 Å². The largest absolute Gasteiger partial charge is 0.458 e. The fourth-order valence-electron chi connectivity index (χ4n) is 7.83. The van der Waals surface area contributed by atoms with E-state index in [9.17, 15) is 24.0 Å². The minimum atomic E-state index is -1.06. The summed E-state index contributed by atoms with van der Waals surface area (Å²) in [6, 6.07) is 19.9. The molecule has 3 amide bonds. The van der Waals surface area contributed by atoms with E-state index in [4.69, 9.17) is 4.74 Å². The molecule has 3 aromatic rings. The predicted octanol–water partition coefficient (Wildman–Crippen LogP) is 4.30. The summed E-state index contributed by atoms with van der Waals surface area (Å²) in [5, 5.41) is 2.98. The number of hydrogen-bond donors (Lipinski definition) is 1. The Morgan fingerprint density at radius 2 is 1.55 bits per heavy atom. The molecule has 1 aromatic heterocycles. The van der Waals surface area contributed by atoms with Crippen LogP contribution >= 0.6 is 0 Å². The van der Waals surface area contributed by atoms with Crippen LogP contribution in [0.3, 0.4) is 0 Å². The van der Waals surface area contributed by atoms with Gasteiger partial charge in [-0.25, -0.2) is 4.79 Å². The van der Waals surface area contributed by atoms with E-state index < -0.39 is 28.9 Å². The van der Waals surface area contributed by atoms with Crippen LogP contribution in [0.2, 0.25) is 0 Å². The van der Waals surface area contributed by atoms with Gasteiger partial charge < -0.3 is 24.4 Å². The van der Waals surface area contributed by atoms with Crippen LogP contribution in [0.5, 0.6) is 0 Å². The van der Waals surface area contributed by atoms with Crippen molar-refractivity contribution < 1.29 is 23.9 Å². The van der Waals surface area contributed by atoms with Gasteiger partial charge in [-0.15, -0.1) is 0 Å². The molecule has 3 atom stereocenters. The monoisotopic (exact) mass is 666 g/mol. The average Bonchev–Trinajstić information content (AvgIpc) is 3.59. The molecule has 1 N–H and O–H groups in total. The highest BCUT2D eigenvalue weighted by Crippen LogP contribution is 2.49. The summed E-state index contributed by atoms with van der Waals surface area (Å²) >= 11 is 0. The molecular weight excluding hydrogens is 620 g/mol. The molecule has 0 spiro atoms. The van der Waals surface area contributed by atoms with Crippen LogP contribution in [0.15, 0.2) is 77.7 Å². The maximum Gasteiger partial charge on any atom is 0.329 e. The summed E-state index contributed by atoms with van der Waals surface area (Å²) in [6.45, 7) is 6.91. The van der Waals surface area contributed by atoms with E-state index in [1.54, 1.807) is 24.2 Å². The quantitative estimate of drug-likeness (QED) is 0.392. The number of carbonyl (C=O) groups is 4. The molecule has 0 saturated carbocycles. The Morgan fingerprint density at radius 3 is 2.27 bits per heavy atom. The number of fused-ring (bicyclic) bond motifs is 1. The molecule has 0 unspecified atom stereocenters. The fraction of sp³-hybridized carbons (Fsp3) is 0.462. The first kappa shape index (κ1) is 34.1. The van der Waals surface area contributed by atoms with Gasteiger partial charge >= 0.3 is 5.97 Å². The molecule has 3 aliphatic rings. The van der Waals surface area contributed by atoms with Crippen molar-refractivity contribution in [3.63, 3.8) is 0 Å². The number of hydrogen-bond acceptors (Lipinski definition) is 6. The molecule has 3 heterocycles. The number of rotatable bonds is 6. The molecule has 0 radical (unpaired) electrons. The van der Waals surface area contributed by atoms with E-state index in [1.165, 1.54) is 10.6 Å². The van der Waals surface area contributed by atoms with Gasteiger partial charge in [0.25, 0.3) is 11.5 Å². The maximum atomic E-state index is 15.0. The van der Waals surface area contributed by atoms with Gasteiger partial charge in [0.15, 0.2) is 0 Å². The highest BCUT2D eigenvalue weighted by Gasteiger charge is 2.53. The fourth-order valence-corrected chi connectivity index (χ4v) is 7.83. The number of ether oxygens (including phenoxy) is 1. The first-order valence-corrected chi connectivity index (χ1v) is 17.3. The Kier molecular flexibility index (Phi) is 9.51. The molecule has 10 nitrogen and oxygen atoms in total. The Hall–Kier alpha value is -4.73. The maximum absolute atomic E-state index is 15.0. The highest BCUT2D eigenvalue weighted by atomic mass is 16.6. The number of aromatic nitrogens is 1. The SMILES string of the molecule is Cn1cccc(C(=O)NC2CCN(C(=O)[C@H]3CC[C@@](C(=O)N4CCC[C@@H]4C(=O)OC(C)(C)C)(c4ccccc4)c4ccccc43)CC2)c1=O. The van der Waals surface area contributed by atoms with Gasteiger partial charge in [0.05, 0.1) is 11.3 Å². The number of benzene rings is 2. The summed E-state index contributed by atoms with van der Waals surface area (Å²) in [4.78, 5) is 71.4. The normalized spacial score (nSPS) is 22.7. The minimum Gasteiger partial charge on any atom is -0.458 e. The topological polar surface area (TPSA) is 118 Å². The van der Waals surface area contributed by atoms with Gasteiger partial charge in [-0.05, 0) is 88.1 Å². The second-order valence-corrected chi connectivity index (χ2v) is 14.6. The molecule has 258 valence electrons. The van der Waals surface area contributed by atoms with Gasteiger partial charge in [-0.2, -0.15) is 0 Å². The Labute approximate surface area is 287 Å². The lowest BCUT2D eigenvalue weighted by Crippen LogP contribution is -2.54. The number of likely N-dealkylation sites (tertiary alicyclic amines) is 2. The van der Waals surface area contributed by atoms with E-state index in [-0.39, 0.29) is 34.9 Å². The van der Waals surface area contributed by atoms with Gasteiger partial charge in [-0.3, -0.25) is 19.2 Å². The molecule has 2 fully saturated rings. The summed E-state index contributed by atoms with van der Waals surface area (Å²) < 4.78 is 7.13. The second-order valence-electron chi connectivity index (χ2n) is 14.6. The first-order chi connectivity index (χ1) is 23.4. The van der Waals surface area contributed by atoms with E-state index in [1.807, 2.05) is 80.3 Å². The van der Waals surface area contributed by atoms with Crippen molar-refractivity contribution >= 4 is 23.7 Å². The van der Waals surface area contributed by atoms with Crippen molar-refractivity contribution in [3.05, 3.63) is 106 Å². The van der Waals surface area contributed by atoms with E-state index in [0.717, 1.165) is 16.7 Å². The standard InChI is InChI=1S/C39H46N4O6/c1-38(2,3)49-36(47)32-17-11-23-43(32)37(48)39(26-12-6-5-7-13-26)21-18-29(28-14-8-9-16-31(28)39)35(46)42-24-19-27(20-25-42)40-33(44)30-15-10-22-41(4)34(30)45/h5-10,12-16,22,27,29,32H,11,17-21,23-25H2,1-4H3,(H,40,44)/t29-,32+,39+/m0/s1. The third-order valence-electron chi connectivity index (χ3n) is 10.2.